The minimum absolute atomic E-state index is 0.809. The SMILES string of the molecule is c1cc(-c2ccc3c(c2)-c2ccccc2-c2ccccc2-c2ccccc2-3)cc(-c2cccc3c2oc2cnccc23)c1. The number of rotatable bonds is 2. The largest absolute Gasteiger partial charge is 0.454 e. The summed E-state index contributed by atoms with van der Waals surface area (Å²) in [5.74, 6) is 0. The van der Waals surface area contributed by atoms with Crippen molar-refractivity contribution < 1.29 is 4.42 Å². The van der Waals surface area contributed by atoms with E-state index in [4.69, 9.17) is 4.42 Å². The Kier molecular flexibility index (Phi) is 5.23. The molecular weight excluding hydrogens is 522 g/mol. The molecule has 0 atom stereocenters. The fourth-order valence-electron chi connectivity index (χ4n) is 6.79. The van der Waals surface area contributed by atoms with Gasteiger partial charge in [-0.25, -0.2) is 0 Å². The molecule has 1 aliphatic rings. The molecule has 2 heteroatoms. The van der Waals surface area contributed by atoms with Crippen molar-refractivity contribution in [2.24, 2.45) is 0 Å². The fourth-order valence-corrected chi connectivity index (χ4v) is 6.79. The third-order valence-electron chi connectivity index (χ3n) is 8.77. The average Bonchev–Trinajstić information content (AvgIpc) is 3.47. The molecule has 6 aromatic carbocycles. The summed E-state index contributed by atoms with van der Waals surface area (Å²) in [4.78, 5) is 4.26. The van der Waals surface area contributed by atoms with Crippen molar-refractivity contribution in [2.75, 3.05) is 0 Å². The van der Waals surface area contributed by atoms with Crippen LogP contribution in [0.4, 0.5) is 0 Å². The number of para-hydroxylation sites is 1. The molecule has 2 nitrogen and oxygen atoms in total. The molecular formula is C41H25NO. The summed E-state index contributed by atoms with van der Waals surface area (Å²) in [5, 5.41) is 2.20. The van der Waals surface area contributed by atoms with Crippen LogP contribution in [0.15, 0.2) is 156 Å². The van der Waals surface area contributed by atoms with E-state index in [1.807, 2.05) is 12.3 Å². The van der Waals surface area contributed by atoms with Crippen LogP contribution in [0.3, 0.4) is 0 Å². The Morgan fingerprint density at radius 1 is 0.372 bits per heavy atom. The molecule has 2 aromatic heterocycles. The van der Waals surface area contributed by atoms with E-state index >= 15 is 0 Å². The molecule has 0 unspecified atom stereocenters. The fraction of sp³-hybridized carbons (Fsp3) is 0. The number of benzene rings is 6. The van der Waals surface area contributed by atoms with Crippen LogP contribution >= 0.6 is 0 Å². The molecule has 0 saturated heterocycles. The second kappa shape index (κ2) is 9.40. The molecule has 0 saturated carbocycles. The Morgan fingerprint density at radius 2 is 0.907 bits per heavy atom. The van der Waals surface area contributed by atoms with Crippen LogP contribution in [-0.2, 0) is 0 Å². The van der Waals surface area contributed by atoms with E-state index < -0.39 is 0 Å². The molecule has 0 fully saturated rings. The predicted molar refractivity (Wildman–Crippen MR) is 178 cm³/mol. The summed E-state index contributed by atoms with van der Waals surface area (Å²) in [7, 11) is 0. The number of hydrogen-bond acceptors (Lipinski definition) is 2. The van der Waals surface area contributed by atoms with E-state index in [-0.39, 0.29) is 0 Å². The van der Waals surface area contributed by atoms with E-state index in [9.17, 15) is 0 Å². The molecule has 0 N–H and O–H groups in total. The smallest absolute Gasteiger partial charge is 0.153 e. The van der Waals surface area contributed by atoms with E-state index in [1.54, 1.807) is 6.20 Å². The van der Waals surface area contributed by atoms with Crippen molar-refractivity contribution in [3.63, 3.8) is 0 Å². The highest BCUT2D eigenvalue weighted by Gasteiger charge is 2.22. The van der Waals surface area contributed by atoms with Gasteiger partial charge in [-0.15, -0.1) is 0 Å². The lowest BCUT2D eigenvalue weighted by Gasteiger charge is -2.23. The first-order chi connectivity index (χ1) is 21.3. The maximum Gasteiger partial charge on any atom is 0.153 e. The minimum atomic E-state index is 0.809. The normalized spacial score (nSPS) is 11.7. The highest BCUT2D eigenvalue weighted by Crippen LogP contribution is 2.48. The number of furan rings is 1. The van der Waals surface area contributed by atoms with Crippen molar-refractivity contribution in [1.29, 1.82) is 0 Å². The highest BCUT2D eigenvalue weighted by atomic mass is 16.3. The molecule has 0 spiro atoms. The number of aromatic nitrogens is 1. The van der Waals surface area contributed by atoms with Gasteiger partial charge in [0.1, 0.15) is 5.58 Å². The Labute approximate surface area is 249 Å². The van der Waals surface area contributed by atoms with Gasteiger partial charge in [0.25, 0.3) is 0 Å². The lowest BCUT2D eigenvalue weighted by Crippen LogP contribution is -1.97. The van der Waals surface area contributed by atoms with Gasteiger partial charge in [0.15, 0.2) is 5.58 Å². The van der Waals surface area contributed by atoms with Crippen molar-refractivity contribution in [2.45, 2.75) is 0 Å². The van der Waals surface area contributed by atoms with Gasteiger partial charge >= 0.3 is 0 Å². The first-order valence-corrected chi connectivity index (χ1v) is 14.6. The molecule has 43 heavy (non-hydrogen) atoms. The maximum absolute atomic E-state index is 6.32. The van der Waals surface area contributed by atoms with Gasteiger partial charge in [-0.3, -0.25) is 4.98 Å². The van der Waals surface area contributed by atoms with E-state index in [0.29, 0.717) is 0 Å². The predicted octanol–water partition coefficient (Wildman–Crippen LogP) is 11.3. The molecule has 0 amide bonds. The summed E-state index contributed by atoms with van der Waals surface area (Å²) >= 11 is 0. The molecule has 9 rings (SSSR count). The van der Waals surface area contributed by atoms with E-state index in [0.717, 1.165) is 33.1 Å². The topological polar surface area (TPSA) is 26.0 Å². The first-order valence-electron chi connectivity index (χ1n) is 14.6. The summed E-state index contributed by atoms with van der Waals surface area (Å²) in [6.45, 7) is 0. The van der Waals surface area contributed by atoms with Crippen molar-refractivity contribution in [1.82, 2.24) is 4.98 Å². The van der Waals surface area contributed by atoms with E-state index in [1.165, 1.54) is 55.6 Å². The van der Waals surface area contributed by atoms with Crippen LogP contribution in [-0.4, -0.2) is 4.98 Å². The van der Waals surface area contributed by atoms with Gasteiger partial charge in [-0.1, -0.05) is 121 Å². The number of pyridine rings is 1. The third-order valence-corrected chi connectivity index (χ3v) is 8.77. The van der Waals surface area contributed by atoms with Crippen molar-refractivity contribution in [3.05, 3.63) is 152 Å². The van der Waals surface area contributed by atoms with Crippen molar-refractivity contribution in [3.8, 4) is 66.8 Å². The molecule has 1 aliphatic carbocycles. The zero-order valence-corrected chi connectivity index (χ0v) is 23.3. The zero-order chi connectivity index (χ0) is 28.3. The Balaban J connectivity index is 1.25. The lowest BCUT2D eigenvalue weighted by molar-refractivity contribution is 0.668. The van der Waals surface area contributed by atoms with Gasteiger partial charge in [-0.2, -0.15) is 0 Å². The standard InChI is InChI=1S/C41H25NO/c1-2-12-31-30(11-1)32-13-3-4-15-34(32)36-20-19-27(24-39(36)35-16-6-5-14-33(31)35)26-9-7-10-28(23-26)29-17-8-18-38-37-21-22-42-25-40(37)43-41(29)38/h1-25H. The van der Waals surface area contributed by atoms with Crippen LogP contribution in [0.2, 0.25) is 0 Å². The monoisotopic (exact) mass is 547 g/mol. The number of nitrogens with zero attached hydrogens (tertiary/aromatic N) is 1. The first kappa shape index (κ1) is 23.9. The van der Waals surface area contributed by atoms with Crippen LogP contribution in [0.25, 0.3) is 88.7 Å². The summed E-state index contributed by atoms with van der Waals surface area (Å²) in [6, 6.07) is 50.5. The van der Waals surface area contributed by atoms with E-state index in [2.05, 4.69) is 138 Å². The molecule has 0 radical (unpaired) electrons. The summed E-state index contributed by atoms with van der Waals surface area (Å²) < 4.78 is 6.32. The summed E-state index contributed by atoms with van der Waals surface area (Å²) in [5.41, 5.74) is 16.3. The Bertz CT molecular complexity index is 2350. The summed E-state index contributed by atoms with van der Waals surface area (Å²) in [6.07, 6.45) is 3.61. The van der Waals surface area contributed by atoms with Crippen LogP contribution < -0.4 is 0 Å². The molecule has 0 aliphatic heterocycles. The van der Waals surface area contributed by atoms with Crippen molar-refractivity contribution >= 4 is 21.9 Å². The number of fused-ring (bicyclic) bond motifs is 11. The quantitative estimate of drug-likeness (QED) is 0.215. The third kappa shape index (κ3) is 3.70. The maximum atomic E-state index is 6.32. The molecule has 8 aromatic rings. The minimum Gasteiger partial charge on any atom is -0.454 e. The average molecular weight is 548 g/mol. The Hall–Kier alpha value is -5.73. The van der Waals surface area contributed by atoms with Gasteiger partial charge in [0.2, 0.25) is 0 Å². The molecule has 0 bridgehead atoms. The second-order valence-electron chi connectivity index (χ2n) is 11.1. The van der Waals surface area contributed by atoms with Crippen LogP contribution in [0.1, 0.15) is 0 Å². The van der Waals surface area contributed by atoms with Crippen LogP contribution in [0.5, 0.6) is 0 Å². The Morgan fingerprint density at radius 3 is 1.58 bits per heavy atom. The number of hydrogen-bond donors (Lipinski definition) is 0. The second-order valence-corrected chi connectivity index (χ2v) is 11.1. The molecule has 2 heterocycles. The van der Waals surface area contributed by atoms with Gasteiger partial charge < -0.3 is 4.42 Å². The van der Waals surface area contributed by atoms with Gasteiger partial charge in [0, 0.05) is 22.5 Å². The zero-order valence-electron chi connectivity index (χ0n) is 23.3. The van der Waals surface area contributed by atoms with Gasteiger partial charge in [-0.05, 0) is 79.4 Å². The highest BCUT2D eigenvalue weighted by molar-refractivity contribution is 6.09. The van der Waals surface area contributed by atoms with Crippen LogP contribution in [0, 0.1) is 0 Å². The lowest BCUT2D eigenvalue weighted by atomic mass is 9.80. The van der Waals surface area contributed by atoms with Gasteiger partial charge in [0.05, 0.1) is 6.20 Å². The molecule has 200 valence electrons.